The van der Waals surface area contributed by atoms with Crippen molar-refractivity contribution in [1.82, 2.24) is 0 Å². The van der Waals surface area contributed by atoms with Gasteiger partial charge in [-0.3, -0.25) is 4.79 Å². The highest BCUT2D eigenvalue weighted by Crippen LogP contribution is 2.48. The Bertz CT molecular complexity index is 1410. The first-order valence-electron chi connectivity index (χ1n) is 12.0. The smallest absolute Gasteiger partial charge is 0.313 e. The number of nitrogens with zero attached hydrogens (tertiary/aromatic N) is 1. The molecule has 0 radical (unpaired) electrons. The molecule has 0 aromatic heterocycles. The van der Waals surface area contributed by atoms with Crippen molar-refractivity contribution >= 4 is 16.7 Å². The second-order valence-electron chi connectivity index (χ2n) is 9.09. The molecule has 1 saturated heterocycles. The summed E-state index contributed by atoms with van der Waals surface area (Å²) in [6, 6.07) is 31.6. The first-order valence-corrected chi connectivity index (χ1v) is 12.0. The number of esters is 1. The van der Waals surface area contributed by atoms with Gasteiger partial charge in [0.05, 0.1) is 30.8 Å². The summed E-state index contributed by atoms with van der Waals surface area (Å²) in [4.78, 5) is 13.0. The predicted molar refractivity (Wildman–Crippen MR) is 138 cm³/mol. The fourth-order valence-electron chi connectivity index (χ4n) is 4.77. The zero-order chi connectivity index (χ0) is 25.1. The molecule has 180 valence electrons. The average molecular weight is 478 g/mol. The molecule has 1 aliphatic rings. The third kappa shape index (κ3) is 4.68. The summed E-state index contributed by atoms with van der Waals surface area (Å²) in [5.41, 5.74) is 3.66. The van der Waals surface area contributed by atoms with Gasteiger partial charge in [0.25, 0.3) is 0 Å². The lowest BCUT2D eigenvalue weighted by atomic mass is 9.80. The lowest BCUT2D eigenvalue weighted by molar-refractivity contribution is -0.185. The minimum Gasteiger partial charge on any atom is -0.497 e. The van der Waals surface area contributed by atoms with E-state index in [9.17, 15) is 4.79 Å². The Hall–Kier alpha value is -4.14. The molecule has 4 aromatic rings. The van der Waals surface area contributed by atoms with Gasteiger partial charge in [-0.15, -0.1) is 0 Å². The molecular formula is C31H27NO4. The summed E-state index contributed by atoms with van der Waals surface area (Å²) in [6.07, 6.45) is -0.396. The number of carbonyl (C=O) groups is 1. The number of methoxy groups -OCH3 is 1. The number of ether oxygens (including phenoxy) is 3. The molecule has 1 fully saturated rings. The van der Waals surface area contributed by atoms with Crippen LogP contribution in [0.25, 0.3) is 10.8 Å². The molecule has 5 rings (SSSR count). The van der Waals surface area contributed by atoms with Gasteiger partial charge in [0.1, 0.15) is 18.5 Å². The van der Waals surface area contributed by atoms with Crippen LogP contribution in [0.5, 0.6) is 5.75 Å². The van der Waals surface area contributed by atoms with Gasteiger partial charge >= 0.3 is 5.97 Å². The molecule has 0 bridgehead atoms. The van der Waals surface area contributed by atoms with Crippen LogP contribution in [0.15, 0.2) is 91.0 Å². The van der Waals surface area contributed by atoms with Crippen LogP contribution in [-0.2, 0) is 14.3 Å². The van der Waals surface area contributed by atoms with E-state index in [0.29, 0.717) is 5.56 Å². The molecule has 4 atom stereocenters. The summed E-state index contributed by atoms with van der Waals surface area (Å²) in [5.74, 6) is 0.176. The maximum Gasteiger partial charge on any atom is 0.313 e. The Labute approximate surface area is 210 Å². The van der Waals surface area contributed by atoms with Gasteiger partial charge in [-0.05, 0) is 58.7 Å². The third-order valence-electron chi connectivity index (χ3n) is 6.92. The zero-order valence-electron chi connectivity index (χ0n) is 20.3. The zero-order valence-corrected chi connectivity index (χ0v) is 20.3. The maximum atomic E-state index is 13.0. The van der Waals surface area contributed by atoms with Crippen molar-refractivity contribution in [3.05, 3.63) is 113 Å². The third-order valence-corrected chi connectivity index (χ3v) is 6.92. The van der Waals surface area contributed by atoms with Crippen LogP contribution in [0.1, 0.15) is 47.1 Å². The predicted octanol–water partition coefficient (Wildman–Crippen LogP) is 6.29. The molecule has 0 unspecified atom stereocenters. The highest BCUT2D eigenvalue weighted by Gasteiger charge is 2.45. The van der Waals surface area contributed by atoms with Gasteiger partial charge < -0.3 is 14.2 Å². The monoisotopic (exact) mass is 477 g/mol. The van der Waals surface area contributed by atoms with Gasteiger partial charge in [0.2, 0.25) is 0 Å². The second-order valence-corrected chi connectivity index (χ2v) is 9.09. The summed E-state index contributed by atoms with van der Waals surface area (Å²) in [5, 5.41) is 11.2. The van der Waals surface area contributed by atoms with E-state index in [1.54, 1.807) is 19.2 Å². The first-order chi connectivity index (χ1) is 17.6. The van der Waals surface area contributed by atoms with Gasteiger partial charge in [-0.25, -0.2) is 0 Å². The normalized spacial score (nSPS) is 19.6. The summed E-state index contributed by atoms with van der Waals surface area (Å²) < 4.78 is 17.3. The van der Waals surface area contributed by atoms with E-state index in [1.807, 2.05) is 73.7 Å². The molecule has 4 aromatic carbocycles. The van der Waals surface area contributed by atoms with E-state index in [4.69, 9.17) is 19.5 Å². The van der Waals surface area contributed by atoms with Crippen LogP contribution < -0.4 is 4.74 Å². The second kappa shape index (κ2) is 10.2. The number of hydrogen-bond acceptors (Lipinski definition) is 5. The Morgan fingerprint density at radius 3 is 2.39 bits per heavy atom. The summed E-state index contributed by atoms with van der Waals surface area (Å²) in [6.45, 7) is 2.04. The Balaban J connectivity index is 1.28. The van der Waals surface area contributed by atoms with Crippen molar-refractivity contribution in [1.29, 1.82) is 5.26 Å². The first kappa shape index (κ1) is 23.6. The van der Waals surface area contributed by atoms with E-state index in [0.717, 1.165) is 33.2 Å². The molecule has 0 N–H and O–H groups in total. The quantitative estimate of drug-likeness (QED) is 0.293. The Morgan fingerprint density at radius 1 is 0.944 bits per heavy atom. The molecule has 1 aliphatic heterocycles. The fourth-order valence-corrected chi connectivity index (χ4v) is 4.77. The van der Waals surface area contributed by atoms with Crippen LogP contribution in [-0.4, -0.2) is 25.8 Å². The summed E-state index contributed by atoms with van der Waals surface area (Å²) >= 11 is 0. The summed E-state index contributed by atoms with van der Waals surface area (Å²) in [7, 11) is 1.65. The van der Waals surface area contributed by atoms with Crippen molar-refractivity contribution in [2.45, 2.75) is 31.0 Å². The molecule has 0 amide bonds. The van der Waals surface area contributed by atoms with Crippen molar-refractivity contribution in [2.24, 2.45) is 0 Å². The molecule has 0 saturated carbocycles. The molecule has 1 heterocycles. The number of nitriles is 1. The van der Waals surface area contributed by atoms with Crippen LogP contribution in [0.3, 0.4) is 0 Å². The minimum atomic E-state index is -0.402. The van der Waals surface area contributed by atoms with Crippen molar-refractivity contribution < 1.29 is 19.0 Å². The van der Waals surface area contributed by atoms with Crippen molar-refractivity contribution in [3.8, 4) is 11.8 Å². The van der Waals surface area contributed by atoms with E-state index < -0.39 is 5.92 Å². The SMILES string of the molecule is COc1ccc2cc([C@H](C)C(=O)OC[C@@H]3O[C@H](c4ccc(C#N)cc4)[C@H]3c3ccccc3)ccc2c1. The maximum absolute atomic E-state index is 13.0. The van der Waals surface area contributed by atoms with Crippen LogP contribution >= 0.6 is 0 Å². The van der Waals surface area contributed by atoms with E-state index in [-0.39, 0.29) is 30.7 Å². The van der Waals surface area contributed by atoms with Crippen molar-refractivity contribution in [3.63, 3.8) is 0 Å². The number of hydrogen-bond donors (Lipinski definition) is 0. The van der Waals surface area contributed by atoms with Gasteiger partial charge in [0, 0.05) is 5.92 Å². The largest absolute Gasteiger partial charge is 0.497 e. The van der Waals surface area contributed by atoms with E-state index >= 15 is 0 Å². The van der Waals surface area contributed by atoms with E-state index in [2.05, 4.69) is 18.2 Å². The number of rotatable bonds is 7. The van der Waals surface area contributed by atoms with Crippen LogP contribution in [0.4, 0.5) is 0 Å². The highest BCUT2D eigenvalue weighted by atomic mass is 16.6. The van der Waals surface area contributed by atoms with Gasteiger partial charge in [-0.2, -0.15) is 5.26 Å². The minimum absolute atomic E-state index is 0.0536. The molecule has 5 nitrogen and oxygen atoms in total. The number of fused-ring (bicyclic) bond motifs is 1. The van der Waals surface area contributed by atoms with E-state index in [1.165, 1.54) is 0 Å². The Morgan fingerprint density at radius 2 is 1.67 bits per heavy atom. The van der Waals surface area contributed by atoms with Gasteiger partial charge in [-0.1, -0.05) is 66.7 Å². The highest BCUT2D eigenvalue weighted by molar-refractivity contribution is 5.86. The molecule has 5 heteroatoms. The number of benzene rings is 4. The van der Waals surface area contributed by atoms with Crippen LogP contribution in [0.2, 0.25) is 0 Å². The molecule has 0 aliphatic carbocycles. The molecule has 36 heavy (non-hydrogen) atoms. The molecular weight excluding hydrogens is 450 g/mol. The fraction of sp³-hybridized carbons (Fsp3) is 0.226. The van der Waals surface area contributed by atoms with Gasteiger partial charge in [0.15, 0.2) is 0 Å². The average Bonchev–Trinajstić information content (AvgIpc) is 2.92. The lowest BCUT2D eigenvalue weighted by Gasteiger charge is -2.45. The Kier molecular flexibility index (Phi) is 6.71. The van der Waals surface area contributed by atoms with Crippen LogP contribution in [0, 0.1) is 11.3 Å². The lowest BCUT2D eigenvalue weighted by Crippen LogP contribution is -2.44. The molecule has 0 spiro atoms. The topological polar surface area (TPSA) is 68.6 Å². The van der Waals surface area contributed by atoms with Crippen molar-refractivity contribution in [2.75, 3.05) is 13.7 Å². The standard InChI is InChI=1S/C31H27NO4/c1-20(24-12-13-26-17-27(34-2)15-14-25(26)16-24)31(33)35-19-28-29(22-6-4-3-5-7-22)30(36-28)23-10-8-21(18-32)9-11-23/h3-17,20,28-30H,19H2,1-2H3/t20-,28-,29-,30+/m0/s1. The number of carbonyl (C=O) groups excluding carboxylic acids is 1.